The summed E-state index contributed by atoms with van der Waals surface area (Å²) in [7, 11) is 1.63. The number of methoxy groups -OCH3 is 1. The smallest absolute Gasteiger partial charge is 0.123 e. The normalized spacial score (nSPS) is 10.0. The van der Waals surface area contributed by atoms with Crippen LogP contribution in [0.15, 0.2) is 41.1 Å². The number of hydrogen-bond acceptors (Lipinski definition) is 3. The van der Waals surface area contributed by atoms with E-state index < -0.39 is 0 Å². The Hall–Kier alpha value is -1.42. The van der Waals surface area contributed by atoms with Crippen LogP contribution in [0.4, 0.5) is 0 Å². The van der Waals surface area contributed by atoms with Crippen molar-refractivity contribution in [1.29, 1.82) is 0 Å². The molecule has 2 aromatic heterocycles. The molecule has 0 aromatic carbocycles. The molecular weight excluding hydrogens is 256 g/mol. The lowest BCUT2D eigenvalue weighted by Crippen LogP contribution is -1.90. The fourth-order valence-electron chi connectivity index (χ4n) is 1.24. The fourth-order valence-corrected chi connectivity index (χ4v) is 1.65. The predicted molar refractivity (Wildman–Crippen MR) is 61.7 cm³/mol. The number of hydrogen-bond donors (Lipinski definition) is 0. The second-order valence-corrected chi connectivity index (χ2v) is 3.74. The number of aromatic nitrogens is 2. The van der Waals surface area contributed by atoms with Gasteiger partial charge < -0.3 is 4.74 Å². The van der Waals surface area contributed by atoms with Gasteiger partial charge in [0.2, 0.25) is 0 Å². The first kappa shape index (κ1) is 10.1. The summed E-state index contributed by atoms with van der Waals surface area (Å²) in [6.45, 7) is 0. The van der Waals surface area contributed by atoms with Gasteiger partial charge in [-0.05, 0) is 28.1 Å². The molecule has 0 aliphatic carbocycles. The SMILES string of the molecule is COc1cc(Br)nc(-c2ccccn2)c1. The van der Waals surface area contributed by atoms with Gasteiger partial charge in [-0.1, -0.05) is 6.07 Å². The summed E-state index contributed by atoms with van der Waals surface area (Å²) in [5.74, 6) is 0.762. The monoisotopic (exact) mass is 264 g/mol. The highest BCUT2D eigenvalue weighted by molar-refractivity contribution is 9.10. The van der Waals surface area contributed by atoms with Gasteiger partial charge in [-0.2, -0.15) is 0 Å². The van der Waals surface area contributed by atoms with E-state index in [4.69, 9.17) is 4.74 Å². The van der Waals surface area contributed by atoms with Crippen LogP contribution < -0.4 is 4.74 Å². The molecule has 15 heavy (non-hydrogen) atoms. The minimum Gasteiger partial charge on any atom is -0.497 e. The van der Waals surface area contributed by atoms with Crippen molar-refractivity contribution >= 4 is 15.9 Å². The molecule has 0 fully saturated rings. The van der Waals surface area contributed by atoms with Crippen molar-refractivity contribution in [2.45, 2.75) is 0 Å². The van der Waals surface area contributed by atoms with Gasteiger partial charge in [0.15, 0.2) is 0 Å². The van der Waals surface area contributed by atoms with Crippen molar-refractivity contribution in [2.24, 2.45) is 0 Å². The summed E-state index contributed by atoms with van der Waals surface area (Å²) in [6.07, 6.45) is 1.74. The van der Waals surface area contributed by atoms with Crippen LogP contribution in [0.3, 0.4) is 0 Å². The molecule has 2 heterocycles. The maximum atomic E-state index is 5.16. The van der Waals surface area contributed by atoms with Crippen LogP contribution in [0.25, 0.3) is 11.4 Å². The lowest BCUT2D eigenvalue weighted by molar-refractivity contribution is 0.414. The fraction of sp³-hybridized carbons (Fsp3) is 0.0909. The number of ether oxygens (including phenoxy) is 1. The van der Waals surface area contributed by atoms with Gasteiger partial charge in [-0.15, -0.1) is 0 Å². The van der Waals surface area contributed by atoms with E-state index in [0.717, 1.165) is 21.7 Å². The van der Waals surface area contributed by atoms with E-state index in [2.05, 4.69) is 25.9 Å². The summed E-state index contributed by atoms with van der Waals surface area (Å²) in [5.41, 5.74) is 1.62. The van der Waals surface area contributed by atoms with Gasteiger partial charge in [0.1, 0.15) is 10.4 Å². The molecule has 0 spiro atoms. The van der Waals surface area contributed by atoms with Gasteiger partial charge in [-0.25, -0.2) is 4.98 Å². The largest absolute Gasteiger partial charge is 0.497 e. The topological polar surface area (TPSA) is 35.0 Å². The van der Waals surface area contributed by atoms with Gasteiger partial charge in [0.25, 0.3) is 0 Å². The third-order valence-electron chi connectivity index (χ3n) is 1.93. The van der Waals surface area contributed by atoms with E-state index in [9.17, 15) is 0 Å². The van der Waals surface area contributed by atoms with E-state index >= 15 is 0 Å². The van der Waals surface area contributed by atoms with Gasteiger partial charge in [0, 0.05) is 18.3 Å². The predicted octanol–water partition coefficient (Wildman–Crippen LogP) is 2.91. The number of nitrogens with zero attached hydrogens (tertiary/aromatic N) is 2. The molecule has 2 aromatic rings. The van der Waals surface area contributed by atoms with Crippen molar-refractivity contribution in [3.8, 4) is 17.1 Å². The molecule has 0 aliphatic heterocycles. The van der Waals surface area contributed by atoms with Crippen molar-refractivity contribution < 1.29 is 4.74 Å². The maximum absolute atomic E-state index is 5.16. The highest BCUT2D eigenvalue weighted by Gasteiger charge is 2.04. The molecular formula is C11H9BrN2O. The Kier molecular flexibility index (Phi) is 2.97. The van der Waals surface area contributed by atoms with E-state index in [0.29, 0.717) is 0 Å². The molecule has 0 aliphatic rings. The van der Waals surface area contributed by atoms with Crippen LogP contribution in [0.5, 0.6) is 5.75 Å². The van der Waals surface area contributed by atoms with Crippen LogP contribution in [-0.4, -0.2) is 17.1 Å². The zero-order chi connectivity index (χ0) is 10.7. The minimum absolute atomic E-state index is 0.738. The van der Waals surface area contributed by atoms with Crippen molar-refractivity contribution in [2.75, 3.05) is 7.11 Å². The van der Waals surface area contributed by atoms with Crippen molar-refractivity contribution in [1.82, 2.24) is 9.97 Å². The second kappa shape index (κ2) is 4.40. The highest BCUT2D eigenvalue weighted by atomic mass is 79.9. The summed E-state index contributed by atoms with van der Waals surface area (Å²) in [6, 6.07) is 9.38. The second-order valence-electron chi connectivity index (χ2n) is 2.93. The van der Waals surface area contributed by atoms with Crippen LogP contribution in [-0.2, 0) is 0 Å². The van der Waals surface area contributed by atoms with Crippen molar-refractivity contribution in [3.63, 3.8) is 0 Å². The van der Waals surface area contributed by atoms with Gasteiger partial charge >= 0.3 is 0 Å². The van der Waals surface area contributed by atoms with E-state index in [1.807, 2.05) is 30.3 Å². The van der Waals surface area contributed by atoms with E-state index in [1.54, 1.807) is 13.3 Å². The van der Waals surface area contributed by atoms with Gasteiger partial charge in [0.05, 0.1) is 18.5 Å². The molecule has 2 rings (SSSR count). The number of rotatable bonds is 2. The maximum Gasteiger partial charge on any atom is 0.123 e. The molecule has 0 unspecified atom stereocenters. The van der Waals surface area contributed by atoms with E-state index in [-0.39, 0.29) is 0 Å². The summed E-state index contributed by atoms with van der Waals surface area (Å²) in [4.78, 5) is 8.55. The van der Waals surface area contributed by atoms with Gasteiger partial charge in [-0.3, -0.25) is 4.98 Å². The summed E-state index contributed by atoms with van der Waals surface area (Å²) >= 11 is 3.33. The lowest BCUT2D eigenvalue weighted by atomic mass is 10.2. The minimum atomic E-state index is 0.738. The summed E-state index contributed by atoms with van der Waals surface area (Å²) < 4.78 is 5.90. The molecule has 0 bridgehead atoms. The third-order valence-corrected chi connectivity index (χ3v) is 2.34. The molecule has 0 saturated carbocycles. The standard InChI is InChI=1S/C11H9BrN2O/c1-15-8-6-10(14-11(12)7-8)9-4-2-3-5-13-9/h2-7H,1H3. The van der Waals surface area contributed by atoms with Crippen LogP contribution in [0.1, 0.15) is 0 Å². The molecule has 0 amide bonds. The first-order chi connectivity index (χ1) is 7.29. The Morgan fingerprint density at radius 1 is 1.20 bits per heavy atom. The van der Waals surface area contributed by atoms with Crippen LogP contribution in [0, 0.1) is 0 Å². The molecule has 3 nitrogen and oxygen atoms in total. The molecule has 0 atom stereocenters. The zero-order valence-corrected chi connectivity index (χ0v) is 9.73. The molecule has 0 N–H and O–H groups in total. The first-order valence-corrected chi connectivity index (χ1v) is 5.22. The first-order valence-electron chi connectivity index (χ1n) is 4.42. The average Bonchev–Trinajstić information content (AvgIpc) is 2.29. The summed E-state index contributed by atoms with van der Waals surface area (Å²) in [5, 5.41) is 0. The Morgan fingerprint density at radius 3 is 2.73 bits per heavy atom. The van der Waals surface area contributed by atoms with Crippen LogP contribution in [0.2, 0.25) is 0 Å². The molecule has 0 radical (unpaired) electrons. The Balaban J connectivity index is 2.49. The van der Waals surface area contributed by atoms with Crippen molar-refractivity contribution in [3.05, 3.63) is 41.1 Å². The quantitative estimate of drug-likeness (QED) is 0.783. The molecule has 4 heteroatoms. The van der Waals surface area contributed by atoms with E-state index in [1.165, 1.54) is 0 Å². The Labute approximate surface area is 96.3 Å². The average molecular weight is 265 g/mol. The third kappa shape index (κ3) is 2.33. The number of halogens is 1. The highest BCUT2D eigenvalue weighted by Crippen LogP contribution is 2.23. The Bertz CT molecular complexity index is 459. The Morgan fingerprint density at radius 2 is 2.07 bits per heavy atom. The number of pyridine rings is 2. The zero-order valence-electron chi connectivity index (χ0n) is 8.14. The lowest BCUT2D eigenvalue weighted by Gasteiger charge is -2.04. The molecule has 0 saturated heterocycles. The molecule has 76 valence electrons. The van der Waals surface area contributed by atoms with Crippen LogP contribution >= 0.6 is 15.9 Å².